The second-order valence-electron chi connectivity index (χ2n) is 7.03. The molecule has 1 saturated heterocycles. The smallest absolute Gasteiger partial charge is 0.185 e. The summed E-state index contributed by atoms with van der Waals surface area (Å²) >= 11 is 0. The third kappa shape index (κ3) is 5.13. The maximum Gasteiger partial charge on any atom is 0.185 e. The lowest BCUT2D eigenvalue weighted by Gasteiger charge is -2.28. The van der Waals surface area contributed by atoms with E-state index >= 15 is 0 Å². The molecule has 0 amide bonds. The number of morpholine rings is 1. The Kier molecular flexibility index (Phi) is 6.52. The minimum absolute atomic E-state index is 0.0365. The molecule has 5 heteroatoms. The number of para-hydroxylation sites is 1. The van der Waals surface area contributed by atoms with Crippen LogP contribution in [0, 0.1) is 0 Å². The monoisotopic (exact) mass is 400 g/mol. The Morgan fingerprint density at radius 2 is 1.83 bits per heavy atom. The average molecular weight is 400 g/mol. The molecule has 2 aromatic carbocycles. The van der Waals surface area contributed by atoms with Crippen LogP contribution < -0.4 is 9.64 Å². The second-order valence-corrected chi connectivity index (χ2v) is 7.03. The van der Waals surface area contributed by atoms with Crippen LogP contribution in [0.3, 0.4) is 0 Å². The molecule has 0 atom stereocenters. The van der Waals surface area contributed by atoms with Crippen molar-refractivity contribution in [3.8, 4) is 5.75 Å². The minimum atomic E-state index is -0.0365. The molecule has 0 radical (unpaired) electrons. The molecular weight excluding hydrogens is 376 g/mol. The Morgan fingerprint density at radius 3 is 2.60 bits per heavy atom. The quantitative estimate of drug-likeness (QED) is 0.435. The highest BCUT2D eigenvalue weighted by molar-refractivity contribution is 6.07. The molecule has 3 aromatic rings. The van der Waals surface area contributed by atoms with Crippen molar-refractivity contribution in [3.63, 3.8) is 0 Å². The minimum Gasteiger partial charge on any atom is -0.488 e. The fraction of sp³-hybridized carbons (Fsp3) is 0.200. The number of hydrogen-bond donors (Lipinski definition) is 0. The van der Waals surface area contributed by atoms with Crippen molar-refractivity contribution in [2.45, 2.75) is 6.61 Å². The van der Waals surface area contributed by atoms with Crippen LogP contribution in [-0.4, -0.2) is 37.1 Å². The third-order valence-corrected chi connectivity index (χ3v) is 4.98. The van der Waals surface area contributed by atoms with Gasteiger partial charge >= 0.3 is 0 Å². The zero-order valence-corrected chi connectivity index (χ0v) is 16.7. The Morgan fingerprint density at radius 1 is 1.03 bits per heavy atom. The Labute approximate surface area is 176 Å². The SMILES string of the molecule is O=C(/C=C\c1ccccc1OCc1cccnc1)c1ccc(N2CCOCC2)cc1. The molecule has 2 heterocycles. The Bertz CT molecular complexity index is 994. The molecule has 0 spiro atoms. The number of aromatic nitrogens is 1. The van der Waals surface area contributed by atoms with E-state index in [1.54, 1.807) is 24.5 Å². The molecule has 0 N–H and O–H groups in total. The molecule has 1 aromatic heterocycles. The number of anilines is 1. The van der Waals surface area contributed by atoms with Gasteiger partial charge < -0.3 is 14.4 Å². The Hall–Kier alpha value is -3.44. The number of hydrogen-bond acceptors (Lipinski definition) is 5. The predicted octanol–water partition coefficient (Wildman–Crippen LogP) is 4.39. The van der Waals surface area contributed by atoms with Gasteiger partial charge in [-0.15, -0.1) is 0 Å². The van der Waals surface area contributed by atoms with E-state index in [0.29, 0.717) is 12.2 Å². The van der Waals surface area contributed by atoms with Gasteiger partial charge in [0.15, 0.2) is 5.78 Å². The number of ketones is 1. The van der Waals surface area contributed by atoms with Gasteiger partial charge in [0.25, 0.3) is 0 Å². The van der Waals surface area contributed by atoms with E-state index < -0.39 is 0 Å². The van der Waals surface area contributed by atoms with E-state index in [-0.39, 0.29) is 5.78 Å². The van der Waals surface area contributed by atoms with Crippen molar-refractivity contribution in [2.24, 2.45) is 0 Å². The molecule has 0 aliphatic carbocycles. The first kappa shape index (κ1) is 19.9. The summed E-state index contributed by atoms with van der Waals surface area (Å²) in [5.41, 5.74) is 3.64. The van der Waals surface area contributed by atoms with Gasteiger partial charge in [-0.3, -0.25) is 9.78 Å². The highest BCUT2D eigenvalue weighted by Crippen LogP contribution is 2.22. The van der Waals surface area contributed by atoms with Crippen molar-refractivity contribution >= 4 is 17.5 Å². The molecule has 1 fully saturated rings. The summed E-state index contributed by atoms with van der Waals surface area (Å²) in [7, 11) is 0. The second kappa shape index (κ2) is 9.85. The summed E-state index contributed by atoms with van der Waals surface area (Å²) in [6, 6.07) is 19.3. The molecular formula is C25H24N2O3. The van der Waals surface area contributed by atoms with Gasteiger partial charge in [-0.1, -0.05) is 24.3 Å². The van der Waals surface area contributed by atoms with Crippen molar-refractivity contribution in [1.29, 1.82) is 0 Å². The summed E-state index contributed by atoms with van der Waals surface area (Å²) in [5.74, 6) is 0.693. The largest absolute Gasteiger partial charge is 0.488 e. The molecule has 4 rings (SSSR count). The van der Waals surface area contributed by atoms with E-state index in [1.165, 1.54) is 0 Å². The maximum atomic E-state index is 12.6. The van der Waals surface area contributed by atoms with Gasteiger partial charge in [0, 0.05) is 47.9 Å². The number of carbonyl (C=O) groups excluding carboxylic acids is 1. The molecule has 1 aliphatic rings. The van der Waals surface area contributed by atoms with Crippen LogP contribution in [0.2, 0.25) is 0 Å². The van der Waals surface area contributed by atoms with Crippen molar-refractivity contribution in [1.82, 2.24) is 4.98 Å². The van der Waals surface area contributed by atoms with Gasteiger partial charge in [-0.25, -0.2) is 0 Å². The van der Waals surface area contributed by atoms with Crippen LogP contribution in [0.25, 0.3) is 6.08 Å². The number of allylic oxidation sites excluding steroid dienone is 1. The number of ether oxygens (including phenoxy) is 2. The molecule has 1 aliphatic heterocycles. The standard InChI is InChI=1S/C25H24N2O3/c28-24(21-7-10-23(11-8-21)27-14-16-29-17-15-27)12-9-22-5-1-2-6-25(22)30-19-20-4-3-13-26-18-20/h1-13,18H,14-17,19H2/b12-9-. The van der Waals surface area contributed by atoms with Crippen LogP contribution >= 0.6 is 0 Å². The summed E-state index contributed by atoms with van der Waals surface area (Å²) in [4.78, 5) is 19.0. The molecule has 0 unspecified atom stereocenters. The highest BCUT2D eigenvalue weighted by atomic mass is 16.5. The van der Waals surface area contributed by atoms with Crippen molar-refractivity contribution in [2.75, 3.05) is 31.2 Å². The number of benzene rings is 2. The third-order valence-electron chi connectivity index (χ3n) is 4.98. The van der Waals surface area contributed by atoms with Crippen LogP contribution in [0.5, 0.6) is 5.75 Å². The van der Waals surface area contributed by atoms with Gasteiger partial charge in [0.2, 0.25) is 0 Å². The molecule has 0 saturated carbocycles. The first-order valence-electron chi connectivity index (χ1n) is 10.1. The van der Waals surface area contributed by atoms with Gasteiger partial charge in [-0.2, -0.15) is 0 Å². The zero-order valence-electron chi connectivity index (χ0n) is 16.7. The van der Waals surface area contributed by atoms with E-state index in [9.17, 15) is 4.79 Å². The van der Waals surface area contributed by atoms with Crippen LogP contribution in [-0.2, 0) is 11.3 Å². The van der Waals surface area contributed by atoms with Gasteiger partial charge in [0.1, 0.15) is 12.4 Å². The lowest BCUT2D eigenvalue weighted by atomic mass is 10.1. The molecule has 30 heavy (non-hydrogen) atoms. The lowest BCUT2D eigenvalue weighted by Crippen LogP contribution is -2.36. The first-order valence-corrected chi connectivity index (χ1v) is 10.1. The predicted molar refractivity (Wildman–Crippen MR) is 118 cm³/mol. The van der Waals surface area contributed by atoms with Crippen molar-refractivity contribution < 1.29 is 14.3 Å². The van der Waals surface area contributed by atoms with E-state index in [0.717, 1.165) is 48.9 Å². The molecule has 0 bridgehead atoms. The Balaban J connectivity index is 1.41. The number of pyridine rings is 1. The van der Waals surface area contributed by atoms with E-state index in [4.69, 9.17) is 9.47 Å². The zero-order chi connectivity index (χ0) is 20.6. The highest BCUT2D eigenvalue weighted by Gasteiger charge is 2.11. The number of nitrogens with zero attached hydrogens (tertiary/aromatic N) is 2. The summed E-state index contributed by atoms with van der Waals surface area (Å²) in [6.07, 6.45) is 6.91. The number of rotatable bonds is 7. The maximum absolute atomic E-state index is 12.6. The van der Waals surface area contributed by atoms with Crippen LogP contribution in [0.15, 0.2) is 79.1 Å². The fourth-order valence-electron chi connectivity index (χ4n) is 3.31. The normalized spacial score (nSPS) is 14.1. The molecule has 152 valence electrons. The number of carbonyl (C=O) groups is 1. The van der Waals surface area contributed by atoms with Crippen LogP contribution in [0.4, 0.5) is 5.69 Å². The molecule has 5 nitrogen and oxygen atoms in total. The topological polar surface area (TPSA) is 51.7 Å². The van der Waals surface area contributed by atoms with Crippen LogP contribution in [0.1, 0.15) is 21.5 Å². The summed E-state index contributed by atoms with van der Waals surface area (Å²) < 4.78 is 11.3. The summed E-state index contributed by atoms with van der Waals surface area (Å²) in [5, 5.41) is 0. The first-order chi connectivity index (χ1) is 14.8. The summed E-state index contributed by atoms with van der Waals surface area (Å²) in [6.45, 7) is 3.67. The fourth-order valence-corrected chi connectivity index (χ4v) is 3.31. The van der Waals surface area contributed by atoms with E-state index in [2.05, 4.69) is 9.88 Å². The lowest BCUT2D eigenvalue weighted by molar-refractivity contribution is 0.104. The van der Waals surface area contributed by atoms with Gasteiger partial charge in [0.05, 0.1) is 13.2 Å². The van der Waals surface area contributed by atoms with Crippen molar-refractivity contribution in [3.05, 3.63) is 95.8 Å². The van der Waals surface area contributed by atoms with E-state index in [1.807, 2.05) is 60.7 Å². The average Bonchev–Trinajstić information content (AvgIpc) is 2.83. The van der Waals surface area contributed by atoms with Gasteiger partial charge in [-0.05, 0) is 48.6 Å².